The average Bonchev–Trinajstić information content (AvgIpc) is 2.92. The maximum Gasteiger partial charge on any atom is 0.185 e. The molecule has 108 valence electrons. The first kappa shape index (κ1) is 14.8. The van der Waals surface area contributed by atoms with Gasteiger partial charge in [-0.1, -0.05) is 19.3 Å². The molecule has 1 aliphatic carbocycles. The van der Waals surface area contributed by atoms with Crippen LogP contribution in [0, 0.1) is 0 Å². The highest BCUT2D eigenvalue weighted by atomic mass is 32.1. The third-order valence-electron chi connectivity index (χ3n) is 3.75. The Balaban J connectivity index is 1.81. The first-order valence-electron chi connectivity index (χ1n) is 7.18. The molecule has 1 saturated carbocycles. The predicted octanol–water partition coefficient (Wildman–Crippen LogP) is 2.65. The van der Waals surface area contributed by atoms with Gasteiger partial charge in [0.15, 0.2) is 5.13 Å². The molecule has 1 aliphatic rings. The fourth-order valence-electron chi connectivity index (χ4n) is 2.55. The maximum atomic E-state index is 5.02. The van der Waals surface area contributed by atoms with Crippen molar-refractivity contribution in [3.05, 3.63) is 11.1 Å². The van der Waals surface area contributed by atoms with Crippen LogP contribution in [0.25, 0.3) is 0 Å². The van der Waals surface area contributed by atoms with Gasteiger partial charge in [-0.2, -0.15) is 0 Å². The van der Waals surface area contributed by atoms with Gasteiger partial charge in [-0.25, -0.2) is 4.98 Å². The van der Waals surface area contributed by atoms with Crippen LogP contribution < -0.4 is 10.2 Å². The fourth-order valence-corrected chi connectivity index (χ4v) is 3.46. The SMILES string of the molecule is COCCNCc1cnc(N(C)C2CCCCC2)s1. The molecule has 0 saturated heterocycles. The van der Waals surface area contributed by atoms with Crippen LogP contribution in [0.4, 0.5) is 5.13 Å². The molecule has 4 nitrogen and oxygen atoms in total. The van der Waals surface area contributed by atoms with Crippen LogP contribution in [-0.2, 0) is 11.3 Å². The van der Waals surface area contributed by atoms with Gasteiger partial charge in [0, 0.05) is 44.4 Å². The Morgan fingerprint density at radius 1 is 1.42 bits per heavy atom. The number of aromatic nitrogens is 1. The van der Waals surface area contributed by atoms with E-state index >= 15 is 0 Å². The average molecular weight is 283 g/mol. The Morgan fingerprint density at radius 2 is 2.21 bits per heavy atom. The zero-order chi connectivity index (χ0) is 13.5. The zero-order valence-corrected chi connectivity index (χ0v) is 12.8. The summed E-state index contributed by atoms with van der Waals surface area (Å²) in [5.41, 5.74) is 0. The summed E-state index contributed by atoms with van der Waals surface area (Å²) in [7, 11) is 3.92. The summed E-state index contributed by atoms with van der Waals surface area (Å²) in [5, 5.41) is 4.52. The lowest BCUT2D eigenvalue weighted by Gasteiger charge is -2.30. The van der Waals surface area contributed by atoms with Gasteiger partial charge in [-0.15, -0.1) is 11.3 Å². The van der Waals surface area contributed by atoms with E-state index in [4.69, 9.17) is 4.74 Å². The minimum Gasteiger partial charge on any atom is -0.383 e. The van der Waals surface area contributed by atoms with Gasteiger partial charge in [0.2, 0.25) is 0 Å². The number of hydrogen-bond donors (Lipinski definition) is 1. The lowest BCUT2D eigenvalue weighted by Crippen LogP contribution is -2.33. The first-order chi connectivity index (χ1) is 9.31. The van der Waals surface area contributed by atoms with E-state index in [1.165, 1.54) is 37.0 Å². The van der Waals surface area contributed by atoms with Crippen LogP contribution in [0.15, 0.2) is 6.20 Å². The second-order valence-electron chi connectivity index (χ2n) is 5.18. The molecule has 19 heavy (non-hydrogen) atoms. The minimum atomic E-state index is 0.689. The number of anilines is 1. The monoisotopic (exact) mass is 283 g/mol. The van der Waals surface area contributed by atoms with Crippen molar-refractivity contribution in [2.75, 3.05) is 32.2 Å². The van der Waals surface area contributed by atoms with Gasteiger partial charge in [-0.05, 0) is 12.8 Å². The molecular weight excluding hydrogens is 258 g/mol. The Bertz CT molecular complexity index is 363. The zero-order valence-electron chi connectivity index (χ0n) is 12.0. The highest BCUT2D eigenvalue weighted by molar-refractivity contribution is 7.15. The molecule has 5 heteroatoms. The van der Waals surface area contributed by atoms with Gasteiger partial charge in [0.05, 0.1) is 6.61 Å². The van der Waals surface area contributed by atoms with Crippen LogP contribution in [0.5, 0.6) is 0 Å². The van der Waals surface area contributed by atoms with Gasteiger partial charge in [0.25, 0.3) is 0 Å². The van der Waals surface area contributed by atoms with Crippen molar-refractivity contribution >= 4 is 16.5 Å². The Labute approximate surface area is 120 Å². The van der Waals surface area contributed by atoms with Crippen LogP contribution in [0.1, 0.15) is 37.0 Å². The van der Waals surface area contributed by atoms with Crippen molar-refractivity contribution in [2.45, 2.75) is 44.7 Å². The van der Waals surface area contributed by atoms with E-state index in [1.54, 1.807) is 18.4 Å². The van der Waals surface area contributed by atoms with Crippen LogP contribution >= 0.6 is 11.3 Å². The lowest BCUT2D eigenvalue weighted by atomic mass is 9.95. The van der Waals surface area contributed by atoms with Crippen molar-refractivity contribution in [1.82, 2.24) is 10.3 Å². The van der Waals surface area contributed by atoms with Crippen molar-refractivity contribution in [1.29, 1.82) is 0 Å². The van der Waals surface area contributed by atoms with E-state index in [9.17, 15) is 0 Å². The summed E-state index contributed by atoms with van der Waals surface area (Å²) in [4.78, 5) is 8.24. The first-order valence-corrected chi connectivity index (χ1v) is 8.00. The van der Waals surface area contributed by atoms with Gasteiger partial charge >= 0.3 is 0 Å². The van der Waals surface area contributed by atoms with E-state index in [-0.39, 0.29) is 0 Å². The number of rotatable bonds is 7. The Morgan fingerprint density at radius 3 is 2.95 bits per heavy atom. The summed E-state index contributed by atoms with van der Waals surface area (Å²) >= 11 is 1.80. The third-order valence-corrected chi connectivity index (χ3v) is 4.84. The summed E-state index contributed by atoms with van der Waals surface area (Å²) < 4.78 is 5.02. The molecule has 2 rings (SSSR count). The lowest BCUT2D eigenvalue weighted by molar-refractivity contribution is 0.199. The van der Waals surface area contributed by atoms with E-state index in [1.807, 2.05) is 6.20 Å². The summed E-state index contributed by atoms with van der Waals surface area (Å²) in [6.45, 7) is 2.54. The fraction of sp³-hybridized carbons (Fsp3) is 0.786. The largest absolute Gasteiger partial charge is 0.383 e. The number of nitrogens with zero attached hydrogens (tertiary/aromatic N) is 2. The van der Waals surface area contributed by atoms with Crippen molar-refractivity contribution in [2.24, 2.45) is 0 Å². The van der Waals surface area contributed by atoms with Crippen LogP contribution in [-0.4, -0.2) is 38.3 Å². The summed E-state index contributed by atoms with van der Waals surface area (Å²) in [6, 6.07) is 0.689. The molecule has 1 fully saturated rings. The van der Waals surface area contributed by atoms with E-state index in [0.717, 1.165) is 24.8 Å². The number of methoxy groups -OCH3 is 1. The van der Waals surface area contributed by atoms with Crippen molar-refractivity contribution < 1.29 is 4.74 Å². The smallest absolute Gasteiger partial charge is 0.185 e. The van der Waals surface area contributed by atoms with Crippen molar-refractivity contribution in [3.63, 3.8) is 0 Å². The van der Waals surface area contributed by atoms with Gasteiger partial charge in [0.1, 0.15) is 0 Å². The predicted molar refractivity (Wildman–Crippen MR) is 81.0 cm³/mol. The standard InChI is InChI=1S/C14H25N3OS/c1-17(12-6-4-3-5-7-12)14-16-11-13(19-14)10-15-8-9-18-2/h11-12,15H,3-10H2,1-2H3. The van der Waals surface area contributed by atoms with Crippen molar-refractivity contribution in [3.8, 4) is 0 Å². The van der Waals surface area contributed by atoms with Gasteiger partial charge < -0.3 is 15.0 Å². The van der Waals surface area contributed by atoms with Gasteiger partial charge in [-0.3, -0.25) is 0 Å². The molecule has 0 aromatic carbocycles. The highest BCUT2D eigenvalue weighted by Crippen LogP contribution is 2.28. The molecule has 0 atom stereocenters. The molecule has 0 aliphatic heterocycles. The summed E-state index contributed by atoms with van der Waals surface area (Å²) in [6.07, 6.45) is 8.77. The number of thiazole rings is 1. The summed E-state index contributed by atoms with van der Waals surface area (Å²) in [5.74, 6) is 0. The second-order valence-corrected chi connectivity index (χ2v) is 6.28. The number of hydrogen-bond acceptors (Lipinski definition) is 5. The normalized spacial score (nSPS) is 16.7. The molecule has 1 aromatic rings. The van der Waals surface area contributed by atoms with E-state index in [0.29, 0.717) is 6.04 Å². The van der Waals surface area contributed by atoms with Crippen LogP contribution in [0.3, 0.4) is 0 Å². The Hall–Kier alpha value is -0.650. The number of ether oxygens (including phenoxy) is 1. The molecule has 0 bridgehead atoms. The molecule has 0 amide bonds. The quantitative estimate of drug-likeness (QED) is 0.781. The minimum absolute atomic E-state index is 0.689. The molecule has 1 heterocycles. The van der Waals surface area contributed by atoms with E-state index in [2.05, 4.69) is 22.2 Å². The van der Waals surface area contributed by atoms with Crippen LogP contribution in [0.2, 0.25) is 0 Å². The molecular formula is C14H25N3OS. The molecule has 1 aromatic heterocycles. The third kappa shape index (κ3) is 4.44. The topological polar surface area (TPSA) is 37.4 Å². The van der Waals surface area contributed by atoms with E-state index < -0.39 is 0 Å². The Kier molecular flexibility index (Phi) is 6.07. The molecule has 0 radical (unpaired) electrons. The molecule has 1 N–H and O–H groups in total. The second kappa shape index (κ2) is 7.82. The number of nitrogens with one attached hydrogen (secondary N) is 1. The highest BCUT2D eigenvalue weighted by Gasteiger charge is 2.20. The molecule has 0 spiro atoms. The maximum absolute atomic E-state index is 5.02. The molecule has 0 unspecified atom stereocenters.